The first-order valence-electron chi connectivity index (χ1n) is 20.2. The summed E-state index contributed by atoms with van der Waals surface area (Å²) >= 11 is 0. The Hall–Kier alpha value is -0.610. The largest absolute Gasteiger partial charge is 0.467 e. The van der Waals surface area contributed by atoms with Crippen LogP contribution in [-0.2, 0) is 9.30 Å². The molecule has 0 heterocycles. The summed E-state index contributed by atoms with van der Waals surface area (Å²) in [5.74, 6) is 4.81. The van der Waals surface area contributed by atoms with Crippen molar-refractivity contribution in [3.8, 4) is 0 Å². The van der Waals surface area contributed by atoms with Gasteiger partial charge in [-0.1, -0.05) is 168 Å². The van der Waals surface area contributed by atoms with Crippen LogP contribution in [0.15, 0.2) is 23.7 Å². The standard InChI is InChI=1S/C40H74O.H3O4P/c1-3-5-7-9-17-23-29-39(31-25-19-13-11-15-21-27-37-33-34-37)41-40(30-24-18-10-8-6-4-2)32-26-20-14-12-16-22-28-38-35-36-38;1-5(2,3)4/h31-32,37-38H,3-30,33-36H2,1-2H3;(H3,1,2,3,4)/b39-31-,40-32-;. The van der Waals surface area contributed by atoms with E-state index in [4.69, 9.17) is 24.0 Å². The van der Waals surface area contributed by atoms with Crippen molar-refractivity contribution in [1.82, 2.24) is 0 Å². The van der Waals surface area contributed by atoms with Gasteiger partial charge in [0, 0.05) is 12.8 Å². The van der Waals surface area contributed by atoms with Gasteiger partial charge in [-0.05, 0) is 62.5 Å². The van der Waals surface area contributed by atoms with Crippen molar-refractivity contribution in [2.45, 2.75) is 219 Å². The van der Waals surface area contributed by atoms with E-state index in [1.54, 1.807) is 0 Å². The monoisotopic (exact) mass is 669 g/mol. The van der Waals surface area contributed by atoms with Gasteiger partial charge in [-0.25, -0.2) is 4.57 Å². The minimum atomic E-state index is -4.64. The maximum absolute atomic E-state index is 8.88. The normalized spacial score (nSPS) is 15.6. The lowest BCUT2D eigenvalue weighted by molar-refractivity contribution is 0.266. The Kier molecular flexibility index (Phi) is 28.7. The van der Waals surface area contributed by atoms with Gasteiger partial charge in [0.15, 0.2) is 0 Å². The molecule has 0 aliphatic heterocycles. The SMILES string of the molecule is CCCCCCCC/C(=C/CCCCCCCC1CC1)O/C(=C\CCCCCCCC1CC1)CCCCCCCC.O=P(O)(O)O. The van der Waals surface area contributed by atoms with E-state index in [0.717, 1.165) is 24.7 Å². The average molecular weight is 669 g/mol. The van der Waals surface area contributed by atoms with Crippen LogP contribution >= 0.6 is 7.82 Å². The summed E-state index contributed by atoms with van der Waals surface area (Å²) in [4.78, 5) is 21.6. The summed E-state index contributed by atoms with van der Waals surface area (Å²) in [5.41, 5.74) is 0. The van der Waals surface area contributed by atoms with Gasteiger partial charge >= 0.3 is 7.82 Å². The molecule has 3 N–H and O–H groups in total. The van der Waals surface area contributed by atoms with Crippen LogP contribution in [0.3, 0.4) is 0 Å². The third kappa shape index (κ3) is 34.7. The Labute approximate surface area is 286 Å². The molecule has 0 spiro atoms. The molecule has 46 heavy (non-hydrogen) atoms. The zero-order valence-corrected chi connectivity index (χ0v) is 31.4. The van der Waals surface area contributed by atoms with E-state index in [-0.39, 0.29) is 0 Å². The fraction of sp³-hybridized carbons (Fsp3) is 0.900. The van der Waals surface area contributed by atoms with Gasteiger partial charge in [-0.15, -0.1) is 0 Å². The highest BCUT2D eigenvalue weighted by Gasteiger charge is 2.20. The second-order valence-electron chi connectivity index (χ2n) is 14.6. The summed E-state index contributed by atoms with van der Waals surface area (Å²) < 4.78 is 15.7. The molecule has 0 unspecified atom stereocenters. The van der Waals surface area contributed by atoms with Gasteiger partial charge in [-0.3, -0.25) is 0 Å². The highest BCUT2D eigenvalue weighted by atomic mass is 31.2. The maximum atomic E-state index is 8.88. The highest BCUT2D eigenvalue weighted by Crippen LogP contribution is 2.35. The van der Waals surface area contributed by atoms with Crippen molar-refractivity contribution in [3.63, 3.8) is 0 Å². The summed E-state index contributed by atoms with van der Waals surface area (Å²) in [7, 11) is -4.64. The van der Waals surface area contributed by atoms with Gasteiger partial charge in [0.05, 0.1) is 11.5 Å². The second-order valence-corrected chi connectivity index (χ2v) is 15.6. The van der Waals surface area contributed by atoms with E-state index in [0.29, 0.717) is 0 Å². The molecule has 0 amide bonds. The Bertz CT molecular complexity index is 718. The average Bonchev–Trinajstić information content (AvgIpc) is 3.94. The van der Waals surface area contributed by atoms with Gasteiger partial charge < -0.3 is 19.4 Å². The predicted octanol–water partition coefficient (Wildman–Crippen LogP) is 13.6. The Balaban J connectivity index is 0.00000195. The molecular weight excluding hydrogens is 591 g/mol. The molecule has 2 rings (SSSR count). The number of rotatable bonds is 32. The molecule has 0 aromatic heterocycles. The topological polar surface area (TPSA) is 87.0 Å². The van der Waals surface area contributed by atoms with Crippen LogP contribution in [0.4, 0.5) is 0 Å². The molecule has 6 heteroatoms. The molecule has 0 bridgehead atoms. The molecule has 0 aromatic carbocycles. The van der Waals surface area contributed by atoms with E-state index in [1.165, 1.54) is 204 Å². The number of ether oxygens (including phenoxy) is 1. The van der Waals surface area contributed by atoms with Gasteiger partial charge in [-0.2, -0.15) is 0 Å². The van der Waals surface area contributed by atoms with E-state index in [9.17, 15) is 0 Å². The first-order valence-corrected chi connectivity index (χ1v) is 21.7. The third-order valence-corrected chi connectivity index (χ3v) is 9.59. The van der Waals surface area contributed by atoms with E-state index in [1.807, 2.05) is 0 Å². The number of allylic oxidation sites excluding steroid dienone is 4. The number of phosphoric acid groups is 1. The molecule has 0 saturated heterocycles. The minimum Gasteiger partial charge on any atom is -0.467 e. The van der Waals surface area contributed by atoms with Gasteiger partial charge in [0.2, 0.25) is 0 Å². The van der Waals surface area contributed by atoms with Gasteiger partial charge in [0.25, 0.3) is 0 Å². The number of hydrogen-bond acceptors (Lipinski definition) is 2. The fourth-order valence-electron chi connectivity index (χ4n) is 6.27. The Morgan fingerprint density at radius 2 is 0.826 bits per heavy atom. The zero-order chi connectivity index (χ0) is 33.6. The van der Waals surface area contributed by atoms with Crippen LogP contribution in [0.1, 0.15) is 219 Å². The second kappa shape index (κ2) is 30.4. The van der Waals surface area contributed by atoms with Crippen LogP contribution in [0.5, 0.6) is 0 Å². The first kappa shape index (κ1) is 43.4. The lowest BCUT2D eigenvalue weighted by atomic mass is 10.1. The lowest BCUT2D eigenvalue weighted by Gasteiger charge is -2.15. The maximum Gasteiger partial charge on any atom is 0.466 e. The van der Waals surface area contributed by atoms with Crippen molar-refractivity contribution < 1.29 is 24.0 Å². The molecule has 0 aromatic rings. The first-order chi connectivity index (χ1) is 22.3. The van der Waals surface area contributed by atoms with Crippen molar-refractivity contribution in [2.75, 3.05) is 0 Å². The van der Waals surface area contributed by atoms with Crippen LogP contribution in [0.2, 0.25) is 0 Å². The number of unbranched alkanes of at least 4 members (excludes halogenated alkanes) is 20. The quantitative estimate of drug-likeness (QED) is 0.0377. The van der Waals surface area contributed by atoms with E-state index < -0.39 is 7.82 Å². The molecule has 0 atom stereocenters. The van der Waals surface area contributed by atoms with Crippen LogP contribution in [-0.4, -0.2) is 14.7 Å². The minimum absolute atomic E-state index is 1.11. The van der Waals surface area contributed by atoms with Crippen molar-refractivity contribution >= 4 is 7.82 Å². The van der Waals surface area contributed by atoms with Gasteiger partial charge in [0.1, 0.15) is 0 Å². The molecule has 2 saturated carbocycles. The molecule has 0 radical (unpaired) electrons. The van der Waals surface area contributed by atoms with Crippen LogP contribution in [0.25, 0.3) is 0 Å². The summed E-state index contributed by atoms with van der Waals surface area (Å²) in [6.45, 7) is 4.63. The molecule has 5 nitrogen and oxygen atoms in total. The zero-order valence-electron chi connectivity index (χ0n) is 30.5. The van der Waals surface area contributed by atoms with E-state index >= 15 is 0 Å². The summed E-state index contributed by atoms with van der Waals surface area (Å²) in [5, 5.41) is 0. The third-order valence-electron chi connectivity index (χ3n) is 9.59. The van der Waals surface area contributed by atoms with Crippen molar-refractivity contribution in [3.05, 3.63) is 23.7 Å². The van der Waals surface area contributed by atoms with Crippen LogP contribution < -0.4 is 0 Å². The smallest absolute Gasteiger partial charge is 0.466 e. The fourth-order valence-corrected chi connectivity index (χ4v) is 6.27. The molecule has 272 valence electrons. The lowest BCUT2D eigenvalue weighted by Crippen LogP contribution is -1.97. The molecule has 2 aliphatic rings. The van der Waals surface area contributed by atoms with Crippen LogP contribution in [0, 0.1) is 11.8 Å². The van der Waals surface area contributed by atoms with E-state index in [2.05, 4.69) is 26.0 Å². The molecular formula is C40H77O5P. The Morgan fingerprint density at radius 3 is 1.17 bits per heavy atom. The molecule has 2 aliphatic carbocycles. The highest BCUT2D eigenvalue weighted by molar-refractivity contribution is 7.45. The summed E-state index contributed by atoms with van der Waals surface area (Å²) in [6.07, 6.45) is 49.3. The predicted molar refractivity (Wildman–Crippen MR) is 198 cm³/mol. The summed E-state index contributed by atoms with van der Waals surface area (Å²) in [6, 6.07) is 0. The van der Waals surface area contributed by atoms with Crippen molar-refractivity contribution in [2.24, 2.45) is 11.8 Å². The van der Waals surface area contributed by atoms with Crippen molar-refractivity contribution in [1.29, 1.82) is 0 Å². The number of hydrogen-bond donors (Lipinski definition) is 3. The Morgan fingerprint density at radius 1 is 0.522 bits per heavy atom. The molecule has 2 fully saturated rings.